The molecule has 0 N–H and O–H groups in total. The molecular weight excluding hydrogens is 224 g/mol. The Kier molecular flexibility index (Phi) is 2.14. The third kappa shape index (κ3) is 1.24. The number of ether oxygens (including phenoxy) is 2. The Morgan fingerprint density at radius 3 is 3.19 bits per heavy atom. The Bertz CT molecular complexity index is 531. The summed E-state index contributed by atoms with van der Waals surface area (Å²) in [5.74, 6) is 0.469. The molecule has 1 aliphatic heterocycles. The van der Waals surface area contributed by atoms with Gasteiger partial charge >= 0.3 is 5.97 Å². The van der Waals surface area contributed by atoms with Crippen molar-refractivity contribution < 1.29 is 18.7 Å². The number of hydrogen-bond acceptors (Lipinski definition) is 4. The predicted molar refractivity (Wildman–Crippen MR) is 61.4 cm³/mol. The van der Waals surface area contributed by atoms with E-state index < -0.39 is 0 Å². The van der Waals surface area contributed by atoms with Gasteiger partial charge < -0.3 is 13.9 Å². The first-order valence-corrected chi connectivity index (χ1v) is 6.90. The molecule has 0 amide bonds. The zero-order chi connectivity index (χ0) is 11.1. The molecule has 0 spiro atoms. The molecule has 1 aliphatic rings. The summed E-state index contributed by atoms with van der Waals surface area (Å²) in [6.07, 6.45) is 1.08. The molecule has 0 saturated carbocycles. The highest BCUT2D eigenvalue weighted by Gasteiger charge is 2.33. The molecule has 2 bridgehead atoms. The highest BCUT2D eigenvalue weighted by molar-refractivity contribution is 6.08. The molecule has 0 fully saturated rings. The molecule has 0 aliphatic carbocycles. The van der Waals surface area contributed by atoms with Crippen LogP contribution in [0, 0.1) is 0 Å². The van der Waals surface area contributed by atoms with Crippen LogP contribution in [0.15, 0.2) is 10.5 Å². The van der Waals surface area contributed by atoms with E-state index in [1.807, 2.05) is 0 Å². The minimum atomic E-state index is -0.283. The topological polar surface area (TPSA) is 48.7 Å². The van der Waals surface area contributed by atoms with Gasteiger partial charge in [-0.25, -0.2) is 4.79 Å². The second kappa shape index (κ2) is 3.52. The number of carbonyl (C=O) groups excluding carboxylic acids is 1. The quantitative estimate of drug-likeness (QED) is 0.453. The van der Waals surface area contributed by atoms with E-state index in [0.29, 0.717) is 29.9 Å². The van der Waals surface area contributed by atoms with Gasteiger partial charge in [-0.1, -0.05) is 6.04 Å². The first kappa shape index (κ1) is 9.71. The van der Waals surface area contributed by atoms with Crippen molar-refractivity contribution in [1.29, 1.82) is 0 Å². The van der Waals surface area contributed by atoms with Crippen molar-refractivity contribution in [2.45, 2.75) is 19.1 Å². The molecule has 3 heterocycles. The van der Waals surface area contributed by atoms with Crippen LogP contribution in [0.1, 0.15) is 22.3 Å². The minimum Gasteiger partial charge on any atom is -0.490 e. The van der Waals surface area contributed by atoms with E-state index in [9.17, 15) is 4.79 Å². The van der Waals surface area contributed by atoms with Gasteiger partial charge in [0.25, 0.3) is 0 Å². The smallest absolute Gasteiger partial charge is 0.342 e. The minimum absolute atomic E-state index is 0.283. The molecular formula is C11H12O4Si. The lowest BCUT2D eigenvalue weighted by atomic mass is 10.1. The van der Waals surface area contributed by atoms with Gasteiger partial charge in [0.05, 0.1) is 12.2 Å². The summed E-state index contributed by atoms with van der Waals surface area (Å²) in [4.78, 5) is 11.4. The average molecular weight is 236 g/mol. The van der Waals surface area contributed by atoms with Crippen molar-refractivity contribution in [1.82, 2.24) is 0 Å². The number of fused-ring (bicyclic) bond motifs is 5. The van der Waals surface area contributed by atoms with Crippen LogP contribution in [-0.4, -0.2) is 22.8 Å². The van der Waals surface area contributed by atoms with Crippen molar-refractivity contribution in [3.63, 3.8) is 0 Å². The molecule has 0 radical (unpaired) electrons. The monoisotopic (exact) mass is 236 g/mol. The molecule has 4 nitrogen and oxygen atoms in total. The Morgan fingerprint density at radius 2 is 2.38 bits per heavy atom. The first-order valence-electron chi connectivity index (χ1n) is 5.49. The highest BCUT2D eigenvalue weighted by atomic mass is 28.1. The fourth-order valence-corrected chi connectivity index (χ4v) is 2.26. The van der Waals surface area contributed by atoms with E-state index in [1.165, 1.54) is 16.3 Å². The molecule has 5 heteroatoms. The van der Waals surface area contributed by atoms with Gasteiger partial charge in [-0.15, -0.1) is 0 Å². The number of cyclic esters (lactones) is 1. The average Bonchev–Trinajstić information content (AvgIpc) is 2.91. The van der Waals surface area contributed by atoms with Gasteiger partial charge in [-0.3, -0.25) is 0 Å². The summed E-state index contributed by atoms with van der Waals surface area (Å²) in [7, 11) is 1.21. The summed E-state index contributed by atoms with van der Waals surface area (Å²) in [5, 5.41) is 0. The van der Waals surface area contributed by atoms with Gasteiger partial charge in [0.2, 0.25) is 0 Å². The number of esters is 1. The van der Waals surface area contributed by atoms with Crippen LogP contribution in [0.5, 0.6) is 5.75 Å². The third-order valence-corrected chi connectivity index (χ3v) is 3.53. The summed E-state index contributed by atoms with van der Waals surface area (Å²) in [5.41, 5.74) is 2.71. The Hall–Kier alpha value is -1.49. The van der Waals surface area contributed by atoms with Crippen LogP contribution < -0.4 is 4.74 Å². The molecule has 2 aromatic heterocycles. The number of furan rings is 2. The van der Waals surface area contributed by atoms with Crippen molar-refractivity contribution in [3.8, 4) is 5.75 Å². The van der Waals surface area contributed by atoms with Gasteiger partial charge in [-0.2, -0.15) is 0 Å². The maximum atomic E-state index is 11.4. The second-order valence-corrected chi connectivity index (χ2v) is 4.94. The second-order valence-electron chi connectivity index (χ2n) is 3.94. The fourth-order valence-electron chi connectivity index (χ4n) is 1.98. The molecule has 84 valence electrons. The third-order valence-electron chi connectivity index (χ3n) is 2.83. The van der Waals surface area contributed by atoms with Crippen LogP contribution in [0.4, 0.5) is 0 Å². The van der Waals surface area contributed by atoms with Crippen molar-refractivity contribution in [2.75, 3.05) is 6.61 Å². The lowest BCUT2D eigenvalue weighted by Crippen LogP contribution is -1.97. The summed E-state index contributed by atoms with van der Waals surface area (Å²) < 4.78 is 16.1. The number of rotatable bonds is 4. The van der Waals surface area contributed by atoms with E-state index in [4.69, 9.17) is 13.9 Å². The molecule has 0 saturated heterocycles. The predicted octanol–water partition coefficient (Wildman–Crippen LogP) is 1.09. The van der Waals surface area contributed by atoms with E-state index in [0.717, 1.165) is 17.7 Å². The van der Waals surface area contributed by atoms with Crippen molar-refractivity contribution in [3.05, 3.63) is 17.2 Å². The largest absolute Gasteiger partial charge is 0.490 e. The zero-order valence-electron chi connectivity index (χ0n) is 9.04. The Balaban J connectivity index is 1.91. The first-order chi connectivity index (χ1) is 7.81. The normalized spacial score (nSPS) is 14.6. The molecule has 0 unspecified atom stereocenters. The van der Waals surface area contributed by atoms with Crippen LogP contribution in [0.3, 0.4) is 0 Å². The van der Waals surface area contributed by atoms with E-state index >= 15 is 0 Å². The Labute approximate surface area is 95.3 Å². The maximum Gasteiger partial charge on any atom is 0.342 e. The number of hydrogen-bond donors (Lipinski definition) is 0. The lowest BCUT2D eigenvalue weighted by Gasteiger charge is -2.02. The molecule has 16 heavy (non-hydrogen) atoms. The highest BCUT2D eigenvalue weighted by Crippen LogP contribution is 2.41. The van der Waals surface area contributed by atoms with Gasteiger partial charge in [0, 0.05) is 16.3 Å². The van der Waals surface area contributed by atoms with E-state index in [-0.39, 0.29) is 5.97 Å². The summed E-state index contributed by atoms with van der Waals surface area (Å²) in [6, 6.07) is 3.02. The lowest BCUT2D eigenvalue weighted by molar-refractivity contribution is 0.0534. The van der Waals surface area contributed by atoms with Crippen LogP contribution in [0.2, 0.25) is 6.04 Å². The number of carbonyl (C=O) groups is 1. The molecule has 3 rings (SSSR count). The van der Waals surface area contributed by atoms with E-state index in [2.05, 4.69) is 0 Å². The van der Waals surface area contributed by atoms with Gasteiger partial charge in [0.1, 0.15) is 17.8 Å². The fraction of sp³-hybridized carbons (Fsp3) is 0.364. The molecule has 0 atom stereocenters. The number of benzene rings is 1. The standard InChI is InChI=1S/C11H12O4Si/c12-11-9-6(5-14-11)10-8(4-7(9)15-10)13-2-1-3-16/h4H,1-3,5H2,16H3. The van der Waals surface area contributed by atoms with Crippen LogP contribution >= 0.6 is 0 Å². The van der Waals surface area contributed by atoms with E-state index in [1.54, 1.807) is 6.07 Å². The summed E-state index contributed by atoms with van der Waals surface area (Å²) in [6.45, 7) is 1.03. The van der Waals surface area contributed by atoms with Crippen molar-refractivity contribution in [2.24, 2.45) is 0 Å². The van der Waals surface area contributed by atoms with Gasteiger partial charge in [-0.05, 0) is 6.42 Å². The van der Waals surface area contributed by atoms with Crippen LogP contribution in [-0.2, 0) is 11.3 Å². The molecule has 2 aromatic rings. The SMILES string of the molecule is O=C1OCc2c1c1cc(OCCC[SiH3])c2o1. The zero-order valence-corrected chi connectivity index (χ0v) is 11.0. The van der Waals surface area contributed by atoms with Crippen molar-refractivity contribution >= 4 is 27.4 Å². The maximum absolute atomic E-state index is 11.4. The van der Waals surface area contributed by atoms with Gasteiger partial charge in [0.15, 0.2) is 11.3 Å². The Morgan fingerprint density at radius 1 is 1.50 bits per heavy atom. The molecule has 0 aromatic carbocycles. The van der Waals surface area contributed by atoms with Crippen LogP contribution in [0.25, 0.3) is 11.2 Å². The summed E-state index contributed by atoms with van der Waals surface area (Å²) >= 11 is 0.